The number of para-hydroxylation sites is 1. The SMILES string of the molecule is O=C1NN(c2ccccc2)C(=O)C1=Cc1ccc(OCC(=O)N2CCOCC2)c(Br)c1. The third-order valence-electron chi connectivity index (χ3n) is 4.89. The number of morpholine rings is 1. The molecule has 0 spiro atoms. The highest BCUT2D eigenvalue weighted by Crippen LogP contribution is 2.28. The third kappa shape index (κ3) is 4.78. The van der Waals surface area contributed by atoms with Gasteiger partial charge in [-0.05, 0) is 51.8 Å². The largest absolute Gasteiger partial charge is 0.483 e. The van der Waals surface area contributed by atoms with E-state index < -0.39 is 11.8 Å². The van der Waals surface area contributed by atoms with E-state index in [0.717, 1.165) is 0 Å². The van der Waals surface area contributed by atoms with Crippen molar-refractivity contribution in [2.45, 2.75) is 0 Å². The summed E-state index contributed by atoms with van der Waals surface area (Å²) in [5, 5.41) is 1.22. The second-order valence-electron chi connectivity index (χ2n) is 6.95. The Morgan fingerprint density at radius 3 is 2.58 bits per heavy atom. The second kappa shape index (κ2) is 9.32. The smallest absolute Gasteiger partial charge is 0.282 e. The molecule has 0 radical (unpaired) electrons. The predicted octanol–water partition coefficient (Wildman–Crippen LogP) is 2.15. The van der Waals surface area contributed by atoms with E-state index in [2.05, 4.69) is 21.4 Å². The summed E-state index contributed by atoms with van der Waals surface area (Å²) in [7, 11) is 0. The van der Waals surface area contributed by atoms with Crippen LogP contribution in [0.1, 0.15) is 5.56 Å². The molecular formula is C22H20BrN3O5. The zero-order valence-electron chi connectivity index (χ0n) is 16.5. The standard InChI is InChI=1S/C22H20BrN3O5/c23-18-13-15(6-7-19(18)31-14-20(27)25-8-10-30-11-9-25)12-17-21(28)24-26(22(17)29)16-4-2-1-3-5-16/h1-7,12-13H,8-11,14H2,(H,24,28). The minimum Gasteiger partial charge on any atom is -0.483 e. The van der Waals surface area contributed by atoms with E-state index in [1.807, 2.05) is 6.07 Å². The van der Waals surface area contributed by atoms with Crippen LogP contribution in [0, 0.1) is 0 Å². The van der Waals surface area contributed by atoms with Crippen molar-refractivity contribution in [2.75, 3.05) is 37.9 Å². The van der Waals surface area contributed by atoms with E-state index in [1.54, 1.807) is 47.4 Å². The lowest BCUT2D eigenvalue weighted by Crippen LogP contribution is -2.43. The first kappa shape index (κ1) is 21.1. The van der Waals surface area contributed by atoms with Gasteiger partial charge in [0.1, 0.15) is 11.3 Å². The predicted molar refractivity (Wildman–Crippen MR) is 117 cm³/mol. The van der Waals surface area contributed by atoms with E-state index in [1.165, 1.54) is 11.1 Å². The minimum atomic E-state index is -0.471. The third-order valence-corrected chi connectivity index (χ3v) is 5.51. The lowest BCUT2D eigenvalue weighted by atomic mass is 10.1. The average molecular weight is 486 g/mol. The number of rotatable bonds is 5. The van der Waals surface area contributed by atoms with Gasteiger partial charge in [-0.15, -0.1) is 0 Å². The molecule has 31 heavy (non-hydrogen) atoms. The number of carbonyl (C=O) groups is 3. The van der Waals surface area contributed by atoms with Gasteiger partial charge in [-0.1, -0.05) is 24.3 Å². The normalized spacial score (nSPS) is 17.8. The fourth-order valence-corrected chi connectivity index (χ4v) is 3.76. The Morgan fingerprint density at radius 1 is 1.13 bits per heavy atom. The summed E-state index contributed by atoms with van der Waals surface area (Å²) < 4.78 is 11.5. The first-order chi connectivity index (χ1) is 15.0. The summed E-state index contributed by atoms with van der Waals surface area (Å²) in [5.41, 5.74) is 3.83. The van der Waals surface area contributed by atoms with Crippen molar-refractivity contribution in [2.24, 2.45) is 0 Å². The number of hydrogen-bond acceptors (Lipinski definition) is 5. The summed E-state index contributed by atoms with van der Waals surface area (Å²) in [5.74, 6) is -0.502. The van der Waals surface area contributed by atoms with Gasteiger partial charge in [0.25, 0.3) is 17.7 Å². The zero-order chi connectivity index (χ0) is 21.8. The Hall–Kier alpha value is -3.17. The summed E-state index contributed by atoms with van der Waals surface area (Å²) in [6.45, 7) is 2.11. The lowest BCUT2D eigenvalue weighted by molar-refractivity contribution is -0.137. The Kier molecular flexibility index (Phi) is 6.34. The molecular weight excluding hydrogens is 466 g/mol. The number of anilines is 1. The molecule has 8 nitrogen and oxygen atoms in total. The molecule has 0 bridgehead atoms. The molecule has 2 aliphatic rings. The van der Waals surface area contributed by atoms with Crippen molar-refractivity contribution in [1.29, 1.82) is 0 Å². The van der Waals surface area contributed by atoms with E-state index in [9.17, 15) is 14.4 Å². The monoisotopic (exact) mass is 485 g/mol. The fourth-order valence-electron chi connectivity index (χ4n) is 3.25. The summed E-state index contributed by atoms with van der Waals surface area (Å²) in [4.78, 5) is 39.0. The molecule has 0 saturated carbocycles. The van der Waals surface area contributed by atoms with Gasteiger partial charge < -0.3 is 14.4 Å². The van der Waals surface area contributed by atoms with Crippen molar-refractivity contribution in [3.05, 3.63) is 64.1 Å². The Labute approximate surface area is 187 Å². The van der Waals surface area contributed by atoms with Gasteiger partial charge in [-0.3, -0.25) is 19.8 Å². The molecule has 4 rings (SSSR count). The van der Waals surface area contributed by atoms with Gasteiger partial charge >= 0.3 is 0 Å². The van der Waals surface area contributed by atoms with E-state index in [-0.39, 0.29) is 18.1 Å². The molecule has 1 N–H and O–H groups in total. The van der Waals surface area contributed by atoms with Gasteiger partial charge in [0.15, 0.2) is 6.61 Å². The molecule has 0 aliphatic carbocycles. The summed E-state index contributed by atoms with van der Waals surface area (Å²) >= 11 is 3.43. The molecule has 2 aromatic carbocycles. The molecule has 0 aromatic heterocycles. The van der Waals surface area contributed by atoms with E-state index in [0.29, 0.717) is 47.8 Å². The van der Waals surface area contributed by atoms with Crippen LogP contribution in [0.15, 0.2) is 58.6 Å². The maximum atomic E-state index is 12.7. The highest BCUT2D eigenvalue weighted by molar-refractivity contribution is 9.10. The Morgan fingerprint density at radius 2 is 1.87 bits per heavy atom. The molecule has 9 heteroatoms. The van der Waals surface area contributed by atoms with Crippen LogP contribution < -0.4 is 15.2 Å². The van der Waals surface area contributed by atoms with Crippen LogP contribution in [0.25, 0.3) is 6.08 Å². The van der Waals surface area contributed by atoms with Crippen LogP contribution in [-0.4, -0.2) is 55.5 Å². The lowest BCUT2D eigenvalue weighted by Gasteiger charge is -2.26. The molecule has 2 aliphatic heterocycles. The molecule has 2 aromatic rings. The van der Waals surface area contributed by atoms with Crippen LogP contribution >= 0.6 is 15.9 Å². The Balaban J connectivity index is 1.44. The number of nitrogens with one attached hydrogen (secondary N) is 1. The van der Waals surface area contributed by atoms with Gasteiger partial charge in [-0.25, -0.2) is 5.01 Å². The summed E-state index contributed by atoms with van der Waals surface area (Å²) in [6.07, 6.45) is 1.52. The number of ether oxygens (including phenoxy) is 2. The number of hydrogen-bond donors (Lipinski definition) is 1. The topological polar surface area (TPSA) is 88.2 Å². The molecule has 0 atom stereocenters. The number of benzene rings is 2. The molecule has 2 heterocycles. The molecule has 2 saturated heterocycles. The highest BCUT2D eigenvalue weighted by Gasteiger charge is 2.34. The second-order valence-corrected chi connectivity index (χ2v) is 7.80. The van der Waals surface area contributed by atoms with Crippen LogP contribution in [0.2, 0.25) is 0 Å². The van der Waals surface area contributed by atoms with Crippen LogP contribution in [0.5, 0.6) is 5.75 Å². The van der Waals surface area contributed by atoms with Crippen molar-refractivity contribution in [3.8, 4) is 5.75 Å². The minimum absolute atomic E-state index is 0.0342. The van der Waals surface area contributed by atoms with Crippen LogP contribution in [0.4, 0.5) is 5.69 Å². The molecule has 3 amide bonds. The van der Waals surface area contributed by atoms with Crippen molar-refractivity contribution in [3.63, 3.8) is 0 Å². The van der Waals surface area contributed by atoms with Crippen LogP contribution in [-0.2, 0) is 19.1 Å². The van der Waals surface area contributed by atoms with Gasteiger partial charge in [0.2, 0.25) is 0 Å². The van der Waals surface area contributed by atoms with Gasteiger partial charge in [-0.2, -0.15) is 0 Å². The molecule has 2 fully saturated rings. The number of amides is 3. The number of halogens is 1. The van der Waals surface area contributed by atoms with Gasteiger partial charge in [0, 0.05) is 13.1 Å². The average Bonchev–Trinajstić information content (AvgIpc) is 3.08. The number of carbonyl (C=O) groups excluding carboxylic acids is 3. The first-order valence-corrected chi connectivity index (χ1v) is 10.5. The van der Waals surface area contributed by atoms with Crippen molar-refractivity contribution < 1.29 is 23.9 Å². The van der Waals surface area contributed by atoms with E-state index >= 15 is 0 Å². The molecule has 0 unspecified atom stereocenters. The zero-order valence-corrected chi connectivity index (χ0v) is 18.1. The van der Waals surface area contributed by atoms with Crippen LogP contribution in [0.3, 0.4) is 0 Å². The Bertz CT molecular complexity index is 1030. The fraction of sp³-hybridized carbons (Fsp3) is 0.227. The van der Waals surface area contributed by atoms with Crippen molar-refractivity contribution >= 4 is 45.4 Å². The summed E-state index contributed by atoms with van der Waals surface area (Å²) in [6, 6.07) is 14.0. The maximum Gasteiger partial charge on any atom is 0.282 e. The number of nitrogens with zero attached hydrogens (tertiary/aromatic N) is 2. The highest BCUT2D eigenvalue weighted by atomic mass is 79.9. The quantitative estimate of drug-likeness (QED) is 0.517. The first-order valence-electron chi connectivity index (χ1n) is 9.73. The number of hydrazine groups is 1. The van der Waals surface area contributed by atoms with Crippen molar-refractivity contribution in [1.82, 2.24) is 10.3 Å². The van der Waals surface area contributed by atoms with E-state index in [4.69, 9.17) is 9.47 Å². The molecule has 160 valence electrons. The maximum absolute atomic E-state index is 12.7. The van der Waals surface area contributed by atoms with Gasteiger partial charge in [0.05, 0.1) is 23.4 Å².